The lowest BCUT2D eigenvalue weighted by Crippen LogP contribution is -2.38. The Labute approximate surface area is 166 Å². The number of aliphatic imine (C=N–C) groups is 1. The van der Waals surface area contributed by atoms with E-state index < -0.39 is 6.61 Å². The molecule has 0 aliphatic heterocycles. The fourth-order valence-electron chi connectivity index (χ4n) is 2.34. The van der Waals surface area contributed by atoms with E-state index in [1.165, 1.54) is 12.1 Å². The van der Waals surface area contributed by atoms with Gasteiger partial charge in [0.05, 0.1) is 11.6 Å². The molecule has 0 saturated heterocycles. The zero-order chi connectivity index (χ0) is 19.6. The summed E-state index contributed by atoms with van der Waals surface area (Å²) in [6, 6.07) is 4.73. The molecule has 0 spiro atoms. The monoisotopic (exact) mass is 419 g/mol. The van der Waals surface area contributed by atoms with E-state index in [-0.39, 0.29) is 17.3 Å². The van der Waals surface area contributed by atoms with Crippen molar-refractivity contribution in [1.29, 1.82) is 0 Å². The van der Waals surface area contributed by atoms with Gasteiger partial charge in [-0.2, -0.15) is 13.9 Å². The van der Waals surface area contributed by atoms with E-state index in [0.717, 1.165) is 13.0 Å². The van der Waals surface area contributed by atoms with E-state index in [1.807, 2.05) is 23.9 Å². The number of aromatic nitrogens is 2. The normalized spacial score (nSPS) is 11.7. The van der Waals surface area contributed by atoms with Crippen LogP contribution >= 0.6 is 23.2 Å². The first-order valence-corrected chi connectivity index (χ1v) is 9.17. The van der Waals surface area contributed by atoms with Crippen LogP contribution in [0.4, 0.5) is 8.78 Å². The predicted molar refractivity (Wildman–Crippen MR) is 103 cm³/mol. The van der Waals surface area contributed by atoms with Gasteiger partial charge in [-0.25, -0.2) is 4.99 Å². The van der Waals surface area contributed by atoms with Crippen LogP contribution < -0.4 is 15.4 Å². The first-order chi connectivity index (χ1) is 13.0. The average molecular weight is 420 g/mol. The second-order valence-electron chi connectivity index (χ2n) is 5.50. The third-order valence-electron chi connectivity index (χ3n) is 3.46. The predicted octanol–water partition coefficient (Wildman–Crippen LogP) is 3.94. The lowest BCUT2D eigenvalue weighted by Gasteiger charge is -2.14. The molecule has 148 valence electrons. The van der Waals surface area contributed by atoms with E-state index in [4.69, 9.17) is 23.2 Å². The second kappa shape index (κ2) is 10.9. The Kier molecular flexibility index (Phi) is 8.60. The van der Waals surface area contributed by atoms with Gasteiger partial charge in [-0.15, -0.1) is 0 Å². The minimum Gasteiger partial charge on any atom is -0.433 e. The fourth-order valence-corrected chi connectivity index (χ4v) is 2.92. The molecule has 6 nitrogen and oxygen atoms in total. The number of hydrogen-bond donors (Lipinski definition) is 2. The maximum absolute atomic E-state index is 12.6. The van der Waals surface area contributed by atoms with Crippen LogP contribution in [0.15, 0.2) is 35.6 Å². The molecule has 0 aliphatic rings. The smallest absolute Gasteiger partial charge is 0.387 e. The lowest BCUT2D eigenvalue weighted by atomic mass is 10.2. The molecule has 0 atom stereocenters. The van der Waals surface area contributed by atoms with Crippen molar-refractivity contribution in [3.63, 3.8) is 0 Å². The summed E-state index contributed by atoms with van der Waals surface area (Å²) in [6.07, 6.45) is 4.47. The molecule has 1 heterocycles. The quantitative estimate of drug-likeness (QED) is 0.367. The van der Waals surface area contributed by atoms with Crippen LogP contribution in [0.25, 0.3) is 0 Å². The number of rotatable bonds is 9. The highest BCUT2D eigenvalue weighted by Crippen LogP contribution is 2.34. The highest BCUT2D eigenvalue weighted by molar-refractivity contribution is 6.35. The third-order valence-corrected chi connectivity index (χ3v) is 3.96. The van der Waals surface area contributed by atoms with E-state index in [9.17, 15) is 8.78 Å². The number of halogens is 4. The van der Waals surface area contributed by atoms with Crippen LogP contribution in [-0.2, 0) is 13.1 Å². The van der Waals surface area contributed by atoms with Crippen LogP contribution in [0.5, 0.6) is 5.75 Å². The molecule has 0 saturated carbocycles. The molecule has 1 aromatic carbocycles. The van der Waals surface area contributed by atoms with Crippen molar-refractivity contribution in [3.05, 3.63) is 46.2 Å². The Balaban J connectivity index is 2.00. The van der Waals surface area contributed by atoms with Crippen molar-refractivity contribution in [3.8, 4) is 5.75 Å². The largest absolute Gasteiger partial charge is 0.433 e. The summed E-state index contributed by atoms with van der Waals surface area (Å²) >= 11 is 11.9. The van der Waals surface area contributed by atoms with Crippen molar-refractivity contribution in [2.75, 3.05) is 13.1 Å². The van der Waals surface area contributed by atoms with Gasteiger partial charge in [0.25, 0.3) is 0 Å². The molecule has 1 aromatic heterocycles. The molecular formula is C17H21Cl2F2N5O. The van der Waals surface area contributed by atoms with Gasteiger partial charge in [-0.1, -0.05) is 23.2 Å². The van der Waals surface area contributed by atoms with Crippen molar-refractivity contribution >= 4 is 29.2 Å². The van der Waals surface area contributed by atoms with Crippen LogP contribution in [0, 0.1) is 0 Å². The summed E-state index contributed by atoms with van der Waals surface area (Å²) in [4.78, 5) is 4.40. The second-order valence-corrected chi connectivity index (χ2v) is 6.34. The summed E-state index contributed by atoms with van der Waals surface area (Å²) in [6.45, 7) is 1.12. The number of alkyl halides is 2. The molecule has 0 radical (unpaired) electrons. The number of ether oxygens (including phenoxy) is 1. The molecule has 2 N–H and O–H groups in total. The Bertz CT molecular complexity index is 741. The third kappa shape index (κ3) is 7.22. The molecule has 27 heavy (non-hydrogen) atoms. The summed E-state index contributed by atoms with van der Waals surface area (Å²) in [5.41, 5.74) is 0.376. The minimum absolute atomic E-state index is 0.0187. The molecular weight excluding hydrogens is 399 g/mol. The average Bonchev–Trinajstić information content (AvgIpc) is 3.12. The van der Waals surface area contributed by atoms with Gasteiger partial charge >= 0.3 is 6.61 Å². The molecule has 10 heteroatoms. The van der Waals surface area contributed by atoms with Crippen LogP contribution in [0.2, 0.25) is 10.0 Å². The number of guanidine groups is 1. The van der Waals surface area contributed by atoms with Gasteiger partial charge in [-0.05, 0) is 31.5 Å². The summed E-state index contributed by atoms with van der Waals surface area (Å²) < 4.78 is 31.6. The summed E-state index contributed by atoms with van der Waals surface area (Å²) in [5.74, 6) is 0.436. The van der Waals surface area contributed by atoms with Crippen LogP contribution in [0.3, 0.4) is 0 Å². The molecule has 0 fully saturated rings. The van der Waals surface area contributed by atoms with Gasteiger partial charge < -0.3 is 15.4 Å². The van der Waals surface area contributed by atoms with Crippen molar-refractivity contribution in [1.82, 2.24) is 20.4 Å². The Hall–Kier alpha value is -2.06. The molecule has 0 bridgehead atoms. The topological polar surface area (TPSA) is 63.5 Å². The fraction of sp³-hybridized carbons (Fsp3) is 0.412. The van der Waals surface area contributed by atoms with Crippen LogP contribution in [-0.4, -0.2) is 35.4 Å². The van der Waals surface area contributed by atoms with Gasteiger partial charge in [0.2, 0.25) is 0 Å². The van der Waals surface area contributed by atoms with Gasteiger partial charge in [0.1, 0.15) is 5.75 Å². The maximum Gasteiger partial charge on any atom is 0.387 e. The summed E-state index contributed by atoms with van der Waals surface area (Å²) in [7, 11) is 0. The Morgan fingerprint density at radius 1 is 1.33 bits per heavy atom. The highest BCUT2D eigenvalue weighted by atomic mass is 35.5. The van der Waals surface area contributed by atoms with Gasteiger partial charge in [0, 0.05) is 42.6 Å². The molecule has 2 rings (SSSR count). The molecule has 0 amide bonds. The Morgan fingerprint density at radius 3 is 2.81 bits per heavy atom. The number of nitrogens with zero attached hydrogens (tertiary/aromatic N) is 3. The van der Waals surface area contributed by atoms with Crippen molar-refractivity contribution < 1.29 is 13.5 Å². The summed E-state index contributed by atoms with van der Waals surface area (Å²) in [5, 5.41) is 10.8. The van der Waals surface area contributed by atoms with Crippen molar-refractivity contribution in [2.45, 2.75) is 33.0 Å². The molecule has 0 unspecified atom stereocenters. The number of nitrogens with one attached hydrogen (secondary N) is 2. The van der Waals surface area contributed by atoms with Gasteiger partial charge in [-0.3, -0.25) is 4.68 Å². The minimum atomic E-state index is -2.99. The van der Waals surface area contributed by atoms with Crippen LogP contribution in [0.1, 0.15) is 18.9 Å². The highest BCUT2D eigenvalue weighted by Gasteiger charge is 2.15. The molecule has 2 aromatic rings. The number of aryl methyl sites for hydroxylation is 1. The first kappa shape index (κ1) is 21.2. The van der Waals surface area contributed by atoms with E-state index in [0.29, 0.717) is 29.6 Å². The van der Waals surface area contributed by atoms with Crippen molar-refractivity contribution in [2.24, 2.45) is 4.99 Å². The zero-order valence-corrected chi connectivity index (χ0v) is 16.3. The van der Waals surface area contributed by atoms with E-state index in [2.05, 4.69) is 25.5 Å². The standard InChI is InChI=1S/C17H21Cl2F2N5O/c1-2-22-17(23-5-3-7-26-8-4-6-25-26)24-11-12-9-13(18)10-14(19)15(12)27-16(20)21/h4,6,8-10,16H,2-3,5,7,11H2,1H3,(H2,22,23,24). The SMILES string of the molecule is CCNC(=NCc1cc(Cl)cc(Cl)c1OC(F)F)NCCCn1cccn1. The van der Waals surface area contributed by atoms with Gasteiger partial charge in [0.15, 0.2) is 5.96 Å². The first-order valence-electron chi connectivity index (χ1n) is 8.42. The van der Waals surface area contributed by atoms with E-state index >= 15 is 0 Å². The molecule has 0 aliphatic carbocycles. The number of hydrogen-bond acceptors (Lipinski definition) is 3. The lowest BCUT2D eigenvalue weighted by molar-refractivity contribution is -0.0503. The number of benzene rings is 1. The maximum atomic E-state index is 12.6. The Morgan fingerprint density at radius 2 is 2.15 bits per heavy atom. The zero-order valence-electron chi connectivity index (χ0n) is 14.8. The van der Waals surface area contributed by atoms with E-state index in [1.54, 1.807) is 6.20 Å².